The number of ketones is 1. The van der Waals surface area contributed by atoms with Gasteiger partial charge in [0.15, 0.2) is 5.78 Å². The molecule has 17 heavy (non-hydrogen) atoms. The summed E-state index contributed by atoms with van der Waals surface area (Å²) in [6, 6.07) is 3.98. The number of benzene rings is 1. The van der Waals surface area contributed by atoms with E-state index in [4.69, 9.17) is 0 Å². The first-order valence-electron chi connectivity index (χ1n) is 5.63. The zero-order chi connectivity index (χ0) is 13.1. The van der Waals surface area contributed by atoms with Crippen LogP contribution in [0.4, 0.5) is 13.2 Å². The molecular formula is C13H15F3O. The lowest BCUT2D eigenvalue weighted by Crippen LogP contribution is -2.13. The minimum atomic E-state index is -4.47. The van der Waals surface area contributed by atoms with E-state index in [0.29, 0.717) is 12.0 Å². The number of alkyl halides is 3. The molecule has 0 fully saturated rings. The van der Waals surface area contributed by atoms with Gasteiger partial charge in [-0.1, -0.05) is 32.4 Å². The van der Waals surface area contributed by atoms with Gasteiger partial charge in [-0.3, -0.25) is 4.79 Å². The molecule has 0 saturated carbocycles. The van der Waals surface area contributed by atoms with Gasteiger partial charge in [0.2, 0.25) is 0 Å². The lowest BCUT2D eigenvalue weighted by molar-refractivity contribution is -0.138. The Morgan fingerprint density at radius 3 is 2.35 bits per heavy atom. The van der Waals surface area contributed by atoms with Gasteiger partial charge in [0.25, 0.3) is 0 Å². The second-order valence-electron chi connectivity index (χ2n) is 3.90. The van der Waals surface area contributed by atoms with Gasteiger partial charge in [0.05, 0.1) is 5.56 Å². The monoisotopic (exact) mass is 244 g/mol. The summed E-state index contributed by atoms with van der Waals surface area (Å²) in [5.74, 6) is -0.472. The van der Waals surface area contributed by atoms with Crippen molar-refractivity contribution in [3.8, 4) is 0 Å². The fourth-order valence-electron chi connectivity index (χ4n) is 1.70. The topological polar surface area (TPSA) is 17.1 Å². The summed E-state index contributed by atoms with van der Waals surface area (Å²) in [5.41, 5.74) is -0.414. The number of carbonyl (C=O) groups is 1. The molecular weight excluding hydrogens is 229 g/mol. The predicted molar refractivity (Wildman–Crippen MR) is 60.1 cm³/mol. The van der Waals surface area contributed by atoms with Crippen LogP contribution in [0, 0.1) is 0 Å². The molecule has 0 N–H and O–H groups in total. The van der Waals surface area contributed by atoms with Crippen molar-refractivity contribution in [2.45, 2.75) is 39.3 Å². The lowest BCUT2D eigenvalue weighted by Gasteiger charge is -2.13. The van der Waals surface area contributed by atoms with E-state index >= 15 is 0 Å². The molecule has 0 radical (unpaired) electrons. The zero-order valence-corrected chi connectivity index (χ0v) is 9.90. The molecule has 0 aromatic heterocycles. The van der Waals surface area contributed by atoms with Crippen LogP contribution < -0.4 is 0 Å². The van der Waals surface area contributed by atoms with Gasteiger partial charge in [-0.2, -0.15) is 13.2 Å². The minimum Gasteiger partial charge on any atom is -0.294 e. The average Bonchev–Trinajstić information content (AvgIpc) is 2.27. The summed E-state index contributed by atoms with van der Waals surface area (Å²) < 4.78 is 38.4. The Bertz CT molecular complexity index is 408. The zero-order valence-electron chi connectivity index (χ0n) is 9.90. The number of aryl methyl sites for hydroxylation is 1. The standard InChI is InChI=1S/C13H15F3O/c1-3-5-9-6-7-10(12(17)4-2)11(8-9)13(14,15)16/h6-8H,3-5H2,1-2H3. The Hall–Kier alpha value is -1.32. The van der Waals surface area contributed by atoms with Crippen molar-refractivity contribution in [2.75, 3.05) is 0 Å². The molecule has 94 valence electrons. The van der Waals surface area contributed by atoms with Crippen LogP contribution in [0.5, 0.6) is 0 Å². The third kappa shape index (κ3) is 3.32. The number of Topliss-reactive ketones (excluding diaryl/α,β-unsaturated/α-hetero) is 1. The van der Waals surface area contributed by atoms with Crippen molar-refractivity contribution in [2.24, 2.45) is 0 Å². The molecule has 1 nitrogen and oxygen atoms in total. The van der Waals surface area contributed by atoms with Gasteiger partial charge in [-0.05, 0) is 18.1 Å². The van der Waals surface area contributed by atoms with E-state index in [1.165, 1.54) is 6.07 Å². The molecule has 0 heterocycles. The third-order valence-electron chi connectivity index (χ3n) is 2.55. The van der Waals surface area contributed by atoms with Gasteiger partial charge < -0.3 is 0 Å². The summed E-state index contributed by atoms with van der Waals surface area (Å²) in [6.45, 7) is 3.46. The number of hydrogen-bond donors (Lipinski definition) is 0. The largest absolute Gasteiger partial charge is 0.417 e. The van der Waals surface area contributed by atoms with E-state index in [0.717, 1.165) is 12.5 Å². The molecule has 0 aliphatic heterocycles. The molecule has 1 aromatic rings. The normalized spacial score (nSPS) is 11.6. The van der Waals surface area contributed by atoms with Crippen LogP contribution in [0.3, 0.4) is 0 Å². The second-order valence-corrected chi connectivity index (χ2v) is 3.90. The van der Waals surface area contributed by atoms with Crippen LogP contribution in [-0.4, -0.2) is 5.78 Å². The number of rotatable bonds is 4. The molecule has 0 spiro atoms. The van der Waals surface area contributed by atoms with Crippen LogP contribution in [0.2, 0.25) is 0 Å². The molecule has 4 heteroatoms. The van der Waals surface area contributed by atoms with Crippen LogP contribution >= 0.6 is 0 Å². The fourth-order valence-corrected chi connectivity index (χ4v) is 1.70. The Balaban J connectivity index is 3.27. The van der Waals surface area contributed by atoms with Crippen molar-refractivity contribution >= 4 is 5.78 Å². The highest BCUT2D eigenvalue weighted by Gasteiger charge is 2.34. The maximum Gasteiger partial charge on any atom is 0.417 e. The molecule has 0 aliphatic rings. The van der Waals surface area contributed by atoms with Gasteiger partial charge >= 0.3 is 6.18 Å². The second kappa shape index (κ2) is 5.34. The first kappa shape index (κ1) is 13.7. The Morgan fingerprint density at radius 2 is 1.88 bits per heavy atom. The molecule has 1 rings (SSSR count). The SMILES string of the molecule is CCCc1ccc(C(=O)CC)c(C(F)(F)F)c1. The van der Waals surface area contributed by atoms with Crippen LogP contribution in [0.15, 0.2) is 18.2 Å². The first-order chi connectivity index (χ1) is 7.90. The van der Waals surface area contributed by atoms with Crippen molar-refractivity contribution < 1.29 is 18.0 Å². The maximum atomic E-state index is 12.8. The van der Waals surface area contributed by atoms with E-state index in [-0.39, 0.29) is 12.0 Å². The summed E-state index contributed by atoms with van der Waals surface area (Å²) >= 11 is 0. The Morgan fingerprint density at radius 1 is 1.24 bits per heavy atom. The Labute approximate surface area is 98.6 Å². The molecule has 0 aliphatic carbocycles. The van der Waals surface area contributed by atoms with Crippen LogP contribution in [0.1, 0.15) is 48.2 Å². The summed E-state index contributed by atoms with van der Waals surface area (Å²) in [4.78, 5) is 11.5. The van der Waals surface area contributed by atoms with Crippen molar-refractivity contribution in [1.82, 2.24) is 0 Å². The van der Waals surface area contributed by atoms with E-state index in [9.17, 15) is 18.0 Å². The third-order valence-corrected chi connectivity index (χ3v) is 2.55. The van der Waals surface area contributed by atoms with E-state index < -0.39 is 17.5 Å². The molecule has 0 unspecified atom stereocenters. The van der Waals surface area contributed by atoms with E-state index in [1.54, 1.807) is 13.0 Å². The Kier molecular flexibility index (Phi) is 4.32. The number of hydrogen-bond acceptors (Lipinski definition) is 1. The minimum absolute atomic E-state index is 0.0796. The van der Waals surface area contributed by atoms with E-state index in [2.05, 4.69) is 0 Å². The van der Waals surface area contributed by atoms with Crippen molar-refractivity contribution in [1.29, 1.82) is 0 Å². The highest BCUT2D eigenvalue weighted by molar-refractivity contribution is 5.97. The van der Waals surface area contributed by atoms with Gasteiger partial charge in [-0.25, -0.2) is 0 Å². The van der Waals surface area contributed by atoms with Crippen LogP contribution in [-0.2, 0) is 12.6 Å². The fraction of sp³-hybridized carbons (Fsp3) is 0.462. The number of carbonyl (C=O) groups excluding carboxylic acids is 1. The molecule has 0 amide bonds. The van der Waals surface area contributed by atoms with Gasteiger partial charge in [-0.15, -0.1) is 0 Å². The molecule has 0 bridgehead atoms. The van der Waals surface area contributed by atoms with Crippen molar-refractivity contribution in [3.63, 3.8) is 0 Å². The van der Waals surface area contributed by atoms with Gasteiger partial charge in [0.1, 0.15) is 0 Å². The highest BCUT2D eigenvalue weighted by atomic mass is 19.4. The molecule has 0 atom stereocenters. The van der Waals surface area contributed by atoms with Gasteiger partial charge in [0, 0.05) is 12.0 Å². The predicted octanol–water partition coefficient (Wildman–Crippen LogP) is 4.25. The van der Waals surface area contributed by atoms with Crippen molar-refractivity contribution in [3.05, 3.63) is 34.9 Å². The van der Waals surface area contributed by atoms with E-state index in [1.807, 2.05) is 6.92 Å². The van der Waals surface area contributed by atoms with Crippen LogP contribution in [0.25, 0.3) is 0 Å². The summed E-state index contributed by atoms with van der Waals surface area (Å²) in [7, 11) is 0. The summed E-state index contributed by atoms with van der Waals surface area (Å²) in [5, 5.41) is 0. The smallest absolute Gasteiger partial charge is 0.294 e. The molecule has 1 aromatic carbocycles. The first-order valence-corrected chi connectivity index (χ1v) is 5.63. The maximum absolute atomic E-state index is 12.8. The average molecular weight is 244 g/mol. The number of halogens is 3. The summed E-state index contributed by atoms with van der Waals surface area (Å²) in [6.07, 6.45) is -3.03. The molecule has 0 saturated heterocycles. The highest BCUT2D eigenvalue weighted by Crippen LogP contribution is 2.33. The lowest BCUT2D eigenvalue weighted by atomic mass is 9.97. The quantitative estimate of drug-likeness (QED) is 0.723.